The van der Waals surface area contributed by atoms with E-state index in [1.54, 1.807) is 24.3 Å². The second-order valence-corrected chi connectivity index (χ2v) is 8.09. The minimum Gasteiger partial charge on any atom is -0.349 e. The highest BCUT2D eigenvalue weighted by Crippen LogP contribution is 2.40. The van der Waals surface area contributed by atoms with Crippen LogP contribution < -0.4 is 5.32 Å². The number of hydrogen-bond donors (Lipinski definition) is 1. The van der Waals surface area contributed by atoms with Crippen molar-refractivity contribution in [3.05, 3.63) is 81.8 Å². The summed E-state index contributed by atoms with van der Waals surface area (Å²) in [5.74, 6) is 0.302. The zero-order valence-electron chi connectivity index (χ0n) is 16.8. The molecule has 2 atom stereocenters. The monoisotopic (exact) mass is 389 g/mol. The van der Waals surface area contributed by atoms with E-state index >= 15 is 0 Å². The summed E-state index contributed by atoms with van der Waals surface area (Å²) in [6.45, 7) is 2.17. The van der Waals surface area contributed by atoms with Gasteiger partial charge in [-0.3, -0.25) is 4.79 Å². The molecule has 1 N–H and O–H groups in total. The number of nitroso groups, excluding NO2 is 1. The molecule has 1 saturated heterocycles. The van der Waals surface area contributed by atoms with Crippen molar-refractivity contribution in [3.63, 3.8) is 0 Å². The number of allylic oxidation sites excluding steroid dienone is 1. The van der Waals surface area contributed by atoms with Gasteiger partial charge >= 0.3 is 0 Å². The number of rotatable bonds is 5. The van der Waals surface area contributed by atoms with Crippen LogP contribution in [0.5, 0.6) is 0 Å². The molecule has 5 nitrogen and oxygen atoms in total. The summed E-state index contributed by atoms with van der Waals surface area (Å²) in [6.07, 6.45) is 3.00. The molecule has 29 heavy (non-hydrogen) atoms. The molecule has 4 rings (SSSR count). The van der Waals surface area contributed by atoms with E-state index in [1.807, 2.05) is 0 Å². The molecule has 2 aliphatic rings. The Morgan fingerprint density at radius 3 is 2.59 bits per heavy atom. The Morgan fingerprint density at radius 1 is 1.10 bits per heavy atom. The van der Waals surface area contributed by atoms with Crippen molar-refractivity contribution in [1.29, 1.82) is 0 Å². The third kappa shape index (κ3) is 4.30. The first-order valence-electron chi connectivity index (χ1n) is 10.3. The zero-order chi connectivity index (χ0) is 20.2. The molecule has 1 fully saturated rings. The van der Waals surface area contributed by atoms with Gasteiger partial charge in [-0.15, -0.1) is 0 Å². The van der Waals surface area contributed by atoms with Gasteiger partial charge in [0.2, 0.25) is 0 Å². The molecule has 2 aromatic rings. The molecular formula is C24H27N3O2. The lowest BCUT2D eigenvalue weighted by Gasteiger charge is -2.42. The van der Waals surface area contributed by atoms with Crippen LogP contribution in [0, 0.1) is 10.8 Å². The number of nitrogens with zero attached hydrogens (tertiary/aromatic N) is 2. The number of hydrogen-bond acceptors (Lipinski definition) is 4. The zero-order valence-corrected chi connectivity index (χ0v) is 16.8. The standard InChI is InChI=1S/C24H27N3O2/c1-27-14-13-21-20(18-5-3-2-4-6-18)11-12-23(22(21)16-27)26-24(28)19-9-7-17(8-10-19)15-25-29/h2-10,22-23H,11-16H2,1H3,(H,26,28)/t22-,23?/m0/s1. The maximum absolute atomic E-state index is 12.9. The van der Waals surface area contributed by atoms with Crippen molar-refractivity contribution < 1.29 is 4.79 Å². The van der Waals surface area contributed by atoms with Crippen LogP contribution in [-0.4, -0.2) is 37.0 Å². The van der Waals surface area contributed by atoms with Gasteiger partial charge in [0.05, 0.1) is 0 Å². The van der Waals surface area contributed by atoms with E-state index in [4.69, 9.17) is 0 Å². The molecule has 0 spiro atoms. The largest absolute Gasteiger partial charge is 0.349 e. The van der Waals surface area contributed by atoms with E-state index in [0.717, 1.165) is 37.9 Å². The maximum Gasteiger partial charge on any atom is 0.251 e. The van der Waals surface area contributed by atoms with Crippen molar-refractivity contribution in [2.45, 2.75) is 31.8 Å². The van der Waals surface area contributed by atoms with Crippen LogP contribution in [0.4, 0.5) is 0 Å². The van der Waals surface area contributed by atoms with E-state index in [1.165, 1.54) is 16.7 Å². The summed E-state index contributed by atoms with van der Waals surface area (Å²) >= 11 is 0. The third-order valence-corrected chi connectivity index (χ3v) is 6.20. The number of carbonyl (C=O) groups excluding carboxylic acids is 1. The fourth-order valence-corrected chi connectivity index (χ4v) is 4.67. The summed E-state index contributed by atoms with van der Waals surface area (Å²) in [4.78, 5) is 25.6. The van der Waals surface area contributed by atoms with Gasteiger partial charge in [0.1, 0.15) is 6.54 Å². The molecule has 0 bridgehead atoms. The summed E-state index contributed by atoms with van der Waals surface area (Å²) in [5, 5.41) is 6.19. The number of amides is 1. The molecule has 0 radical (unpaired) electrons. The van der Waals surface area contributed by atoms with Gasteiger partial charge in [-0.2, -0.15) is 4.91 Å². The van der Waals surface area contributed by atoms with Crippen LogP contribution in [0.15, 0.2) is 65.3 Å². The van der Waals surface area contributed by atoms with Gasteiger partial charge in [-0.1, -0.05) is 53.2 Å². The van der Waals surface area contributed by atoms with E-state index in [2.05, 4.69) is 52.8 Å². The van der Waals surface area contributed by atoms with E-state index in [-0.39, 0.29) is 18.5 Å². The van der Waals surface area contributed by atoms with Gasteiger partial charge in [-0.05, 0) is 55.1 Å². The first-order valence-corrected chi connectivity index (χ1v) is 10.3. The van der Waals surface area contributed by atoms with Gasteiger partial charge in [-0.25, -0.2) is 0 Å². The quantitative estimate of drug-likeness (QED) is 0.778. The smallest absolute Gasteiger partial charge is 0.251 e. The number of likely N-dealkylation sites (tertiary alicyclic amines) is 1. The summed E-state index contributed by atoms with van der Waals surface area (Å²) in [7, 11) is 2.16. The predicted molar refractivity (Wildman–Crippen MR) is 115 cm³/mol. The number of carbonyl (C=O) groups is 1. The molecule has 1 aliphatic carbocycles. The third-order valence-electron chi connectivity index (χ3n) is 6.20. The molecule has 1 unspecified atom stereocenters. The lowest BCUT2D eigenvalue weighted by Crippen LogP contribution is -2.49. The minimum absolute atomic E-state index is 0.0450. The van der Waals surface area contributed by atoms with E-state index in [0.29, 0.717) is 11.5 Å². The van der Waals surface area contributed by atoms with Crippen LogP contribution in [0.1, 0.15) is 40.7 Å². The highest BCUT2D eigenvalue weighted by Gasteiger charge is 2.36. The van der Waals surface area contributed by atoms with Crippen LogP contribution in [0.25, 0.3) is 5.57 Å². The van der Waals surface area contributed by atoms with E-state index < -0.39 is 0 Å². The van der Waals surface area contributed by atoms with Crippen molar-refractivity contribution in [2.24, 2.45) is 11.1 Å². The number of benzene rings is 2. The second-order valence-electron chi connectivity index (χ2n) is 8.09. The Bertz CT molecular complexity index is 905. The summed E-state index contributed by atoms with van der Waals surface area (Å²) < 4.78 is 0. The summed E-state index contributed by atoms with van der Waals surface area (Å²) in [5.41, 5.74) is 5.75. The van der Waals surface area contributed by atoms with Crippen LogP contribution in [0.3, 0.4) is 0 Å². The fourth-order valence-electron chi connectivity index (χ4n) is 4.67. The molecule has 1 aliphatic heterocycles. The molecular weight excluding hydrogens is 362 g/mol. The summed E-state index contributed by atoms with van der Waals surface area (Å²) in [6, 6.07) is 17.9. The average Bonchev–Trinajstić information content (AvgIpc) is 2.75. The van der Waals surface area contributed by atoms with Gasteiger partial charge < -0.3 is 10.2 Å². The lowest BCUT2D eigenvalue weighted by molar-refractivity contribution is 0.0909. The second kappa shape index (κ2) is 8.70. The van der Waals surface area contributed by atoms with E-state index in [9.17, 15) is 9.70 Å². The van der Waals surface area contributed by atoms with Gasteiger partial charge in [0.15, 0.2) is 0 Å². The van der Waals surface area contributed by atoms with Gasteiger partial charge in [0.25, 0.3) is 5.91 Å². The minimum atomic E-state index is -0.0450. The Hall–Kier alpha value is -2.79. The normalized spacial score (nSPS) is 22.1. The molecule has 0 aromatic heterocycles. The molecule has 150 valence electrons. The van der Waals surface area contributed by atoms with Crippen LogP contribution >= 0.6 is 0 Å². The number of nitrogens with one attached hydrogen (secondary N) is 1. The number of piperidine rings is 1. The highest BCUT2D eigenvalue weighted by molar-refractivity contribution is 5.94. The Kier molecular flexibility index (Phi) is 5.86. The Morgan fingerprint density at radius 2 is 1.86 bits per heavy atom. The van der Waals surface area contributed by atoms with Crippen molar-refractivity contribution >= 4 is 11.5 Å². The molecule has 1 amide bonds. The Balaban J connectivity index is 1.54. The number of fused-ring (bicyclic) bond motifs is 1. The average molecular weight is 389 g/mol. The van der Waals surface area contributed by atoms with Crippen molar-refractivity contribution in [2.75, 3.05) is 20.1 Å². The first kappa shape index (κ1) is 19.5. The topological polar surface area (TPSA) is 61.8 Å². The molecule has 5 heteroatoms. The van der Waals surface area contributed by atoms with Gasteiger partial charge in [0, 0.05) is 30.6 Å². The van der Waals surface area contributed by atoms with Crippen LogP contribution in [-0.2, 0) is 6.54 Å². The lowest BCUT2D eigenvalue weighted by atomic mass is 9.74. The molecule has 0 saturated carbocycles. The molecule has 1 heterocycles. The maximum atomic E-state index is 12.9. The Labute approximate surface area is 171 Å². The fraction of sp³-hybridized carbons (Fsp3) is 0.375. The highest BCUT2D eigenvalue weighted by atomic mass is 16.3. The molecule has 2 aromatic carbocycles. The predicted octanol–water partition coefficient (Wildman–Crippen LogP) is 4.25. The SMILES string of the molecule is CN1CCC2=C(c3ccccc3)CCC(NC(=O)c3ccc(CN=O)cc3)[C@H]2C1. The van der Waals surface area contributed by atoms with Crippen LogP contribution in [0.2, 0.25) is 0 Å². The van der Waals surface area contributed by atoms with Crippen molar-refractivity contribution in [3.8, 4) is 0 Å². The first-order chi connectivity index (χ1) is 14.2. The van der Waals surface area contributed by atoms with Crippen molar-refractivity contribution in [1.82, 2.24) is 10.2 Å².